The maximum Gasteiger partial charge on any atom is 0.410 e. The lowest BCUT2D eigenvalue weighted by Crippen LogP contribution is -2.63. The van der Waals surface area contributed by atoms with Gasteiger partial charge in [0.15, 0.2) is 6.17 Å². The molecular formula is C27H31FN4O4. The molecule has 2 aliphatic rings. The van der Waals surface area contributed by atoms with Gasteiger partial charge in [-0.1, -0.05) is 0 Å². The zero-order valence-electron chi connectivity index (χ0n) is 21.0. The molecule has 4 atom stereocenters. The summed E-state index contributed by atoms with van der Waals surface area (Å²) in [7, 11) is 1.61. The lowest BCUT2D eigenvalue weighted by Gasteiger charge is -2.49. The number of aromatic nitrogens is 3. The molecule has 2 aliphatic heterocycles. The topological polar surface area (TPSA) is 86.7 Å². The molecule has 1 amide bonds. The summed E-state index contributed by atoms with van der Waals surface area (Å²) in [6, 6.07) is 8.60. The summed E-state index contributed by atoms with van der Waals surface area (Å²) in [5.41, 5.74) is 0.775. The molecule has 5 rings (SSSR count). The van der Waals surface area contributed by atoms with Crippen molar-refractivity contribution in [2.75, 3.05) is 7.11 Å². The number of methoxy groups -OCH3 is 1. The number of ether oxygens (including phenoxy) is 3. The number of rotatable bonds is 4. The van der Waals surface area contributed by atoms with E-state index in [0.29, 0.717) is 24.3 Å². The van der Waals surface area contributed by atoms with Crippen molar-refractivity contribution in [2.45, 2.75) is 76.4 Å². The normalized spacial score (nSPS) is 23.9. The third kappa shape index (κ3) is 4.79. The number of pyridine rings is 1. The van der Waals surface area contributed by atoms with Gasteiger partial charge in [-0.3, -0.25) is 9.88 Å². The van der Waals surface area contributed by atoms with Gasteiger partial charge in [0.25, 0.3) is 0 Å². The van der Waals surface area contributed by atoms with Crippen LogP contribution in [0.25, 0.3) is 22.0 Å². The molecule has 2 aromatic heterocycles. The highest BCUT2D eigenvalue weighted by Gasteiger charge is 2.49. The Hall–Kier alpha value is -3.49. The molecule has 3 aromatic rings. The standard InChI is InChI=1S/C27H31FN4O4/c1-27(2,3)36-26(33)32-18-6-5-7-21(32)25(28)23(14-18)35-24-9-8-20(30-31-24)19-12-16-10-11-29-15-17(16)13-22(19)34-4/h8-13,15,18,21,23,25H,5-7,14H2,1-4H3/t18-,21+,23-,25+/m1/s1. The minimum Gasteiger partial charge on any atom is -0.496 e. The number of alkyl halides is 1. The van der Waals surface area contributed by atoms with Crippen molar-refractivity contribution < 1.29 is 23.4 Å². The van der Waals surface area contributed by atoms with Gasteiger partial charge in [-0.25, -0.2) is 9.18 Å². The highest BCUT2D eigenvalue weighted by Crippen LogP contribution is 2.38. The van der Waals surface area contributed by atoms with E-state index in [4.69, 9.17) is 14.2 Å². The molecule has 0 saturated carbocycles. The van der Waals surface area contributed by atoms with Gasteiger partial charge in [-0.15, -0.1) is 10.2 Å². The number of piperidine rings is 2. The van der Waals surface area contributed by atoms with E-state index in [1.807, 2.05) is 39.0 Å². The van der Waals surface area contributed by atoms with E-state index in [-0.39, 0.29) is 11.9 Å². The van der Waals surface area contributed by atoms with Crippen LogP contribution < -0.4 is 9.47 Å². The fourth-order valence-corrected chi connectivity index (χ4v) is 5.18. The van der Waals surface area contributed by atoms with E-state index in [2.05, 4.69) is 15.2 Å². The summed E-state index contributed by atoms with van der Waals surface area (Å²) in [6.45, 7) is 5.45. The minimum atomic E-state index is -1.34. The summed E-state index contributed by atoms with van der Waals surface area (Å²) in [4.78, 5) is 18.6. The number of carbonyl (C=O) groups excluding carboxylic acids is 1. The smallest absolute Gasteiger partial charge is 0.410 e. The van der Waals surface area contributed by atoms with Gasteiger partial charge < -0.3 is 14.2 Å². The van der Waals surface area contributed by atoms with Crippen molar-refractivity contribution in [3.63, 3.8) is 0 Å². The largest absolute Gasteiger partial charge is 0.496 e. The van der Waals surface area contributed by atoms with Crippen LogP contribution in [-0.2, 0) is 4.74 Å². The van der Waals surface area contributed by atoms with Crippen LogP contribution >= 0.6 is 0 Å². The first-order valence-electron chi connectivity index (χ1n) is 12.3. The summed E-state index contributed by atoms with van der Waals surface area (Å²) < 4.78 is 32.7. The molecule has 190 valence electrons. The number of amides is 1. The van der Waals surface area contributed by atoms with Crippen LogP contribution in [-0.4, -0.2) is 63.2 Å². The molecule has 0 unspecified atom stereocenters. The predicted octanol–water partition coefficient (Wildman–Crippen LogP) is 5.35. The Kier molecular flexibility index (Phi) is 6.40. The van der Waals surface area contributed by atoms with Crippen LogP contribution in [0.1, 0.15) is 46.5 Å². The van der Waals surface area contributed by atoms with Crippen molar-refractivity contribution in [1.29, 1.82) is 0 Å². The van der Waals surface area contributed by atoms with Crippen LogP contribution in [0.2, 0.25) is 0 Å². The summed E-state index contributed by atoms with van der Waals surface area (Å²) >= 11 is 0. The number of halogens is 1. The van der Waals surface area contributed by atoms with E-state index in [1.54, 1.807) is 36.5 Å². The van der Waals surface area contributed by atoms with Crippen molar-refractivity contribution in [1.82, 2.24) is 20.1 Å². The van der Waals surface area contributed by atoms with E-state index in [9.17, 15) is 4.79 Å². The van der Waals surface area contributed by atoms with Gasteiger partial charge in [0.2, 0.25) is 5.88 Å². The molecule has 2 fully saturated rings. The second kappa shape index (κ2) is 9.52. The lowest BCUT2D eigenvalue weighted by molar-refractivity contribution is -0.0802. The van der Waals surface area contributed by atoms with Gasteiger partial charge in [0.1, 0.15) is 17.5 Å². The molecule has 2 bridgehead atoms. The first kappa shape index (κ1) is 24.2. The van der Waals surface area contributed by atoms with Crippen LogP contribution in [0.15, 0.2) is 42.7 Å². The summed E-state index contributed by atoms with van der Waals surface area (Å²) in [5, 5.41) is 10.5. The molecule has 0 N–H and O–H groups in total. The molecule has 1 aromatic carbocycles. The van der Waals surface area contributed by atoms with Gasteiger partial charge in [-0.2, -0.15) is 0 Å². The fourth-order valence-electron chi connectivity index (χ4n) is 5.18. The Morgan fingerprint density at radius 3 is 2.67 bits per heavy atom. The fraction of sp³-hybridized carbons (Fsp3) is 0.481. The van der Waals surface area contributed by atoms with Crippen molar-refractivity contribution in [3.05, 3.63) is 42.7 Å². The maximum absolute atomic E-state index is 15.6. The molecule has 2 saturated heterocycles. The van der Waals surface area contributed by atoms with Gasteiger partial charge in [0.05, 0.1) is 18.8 Å². The quantitative estimate of drug-likeness (QED) is 0.483. The monoisotopic (exact) mass is 494 g/mol. The van der Waals surface area contributed by atoms with Gasteiger partial charge in [0, 0.05) is 41.9 Å². The number of benzene rings is 1. The van der Waals surface area contributed by atoms with Crippen LogP contribution in [0.5, 0.6) is 11.6 Å². The number of carbonyl (C=O) groups is 1. The summed E-state index contributed by atoms with van der Waals surface area (Å²) in [6.07, 6.45) is 3.64. The molecule has 36 heavy (non-hydrogen) atoms. The molecule has 0 radical (unpaired) electrons. The van der Waals surface area contributed by atoms with Gasteiger partial charge >= 0.3 is 6.09 Å². The van der Waals surface area contributed by atoms with Crippen molar-refractivity contribution in [3.8, 4) is 22.9 Å². The number of fused-ring (bicyclic) bond motifs is 3. The Morgan fingerprint density at radius 2 is 1.94 bits per heavy atom. The average molecular weight is 495 g/mol. The molecule has 9 heteroatoms. The Labute approximate surface area is 209 Å². The van der Waals surface area contributed by atoms with E-state index in [0.717, 1.165) is 29.2 Å². The zero-order chi connectivity index (χ0) is 25.4. The highest BCUT2D eigenvalue weighted by atomic mass is 19.1. The zero-order valence-corrected chi connectivity index (χ0v) is 21.0. The van der Waals surface area contributed by atoms with E-state index < -0.39 is 30.0 Å². The van der Waals surface area contributed by atoms with Crippen LogP contribution in [0.4, 0.5) is 9.18 Å². The predicted molar refractivity (Wildman–Crippen MR) is 133 cm³/mol. The maximum atomic E-state index is 15.6. The molecule has 8 nitrogen and oxygen atoms in total. The third-order valence-corrected chi connectivity index (χ3v) is 6.77. The Bertz CT molecular complexity index is 1250. The van der Waals surface area contributed by atoms with E-state index >= 15 is 4.39 Å². The number of hydrogen-bond donors (Lipinski definition) is 0. The average Bonchev–Trinajstić information content (AvgIpc) is 2.85. The van der Waals surface area contributed by atoms with Crippen LogP contribution in [0, 0.1) is 0 Å². The van der Waals surface area contributed by atoms with Crippen molar-refractivity contribution >= 4 is 16.9 Å². The molecule has 0 aliphatic carbocycles. The Morgan fingerprint density at radius 1 is 1.11 bits per heavy atom. The van der Waals surface area contributed by atoms with Crippen molar-refractivity contribution in [2.24, 2.45) is 0 Å². The second-order valence-electron chi connectivity index (χ2n) is 10.4. The van der Waals surface area contributed by atoms with Gasteiger partial charge in [-0.05, 0) is 69.7 Å². The second-order valence-corrected chi connectivity index (χ2v) is 10.4. The molecule has 4 heterocycles. The molecular weight excluding hydrogens is 463 g/mol. The third-order valence-electron chi connectivity index (χ3n) is 6.77. The lowest BCUT2D eigenvalue weighted by atomic mass is 9.82. The SMILES string of the molecule is COc1cc2cnccc2cc1-c1ccc(O[C@@H]2C[C@H]3CCC[C@@H]([C@@H]2F)N3C(=O)OC(C)(C)C)nn1. The van der Waals surface area contributed by atoms with Crippen LogP contribution in [0.3, 0.4) is 0 Å². The first-order chi connectivity index (χ1) is 17.2. The number of nitrogens with zero attached hydrogens (tertiary/aromatic N) is 4. The Balaban J connectivity index is 1.33. The summed E-state index contributed by atoms with van der Waals surface area (Å²) in [5.74, 6) is 0.906. The number of hydrogen-bond acceptors (Lipinski definition) is 7. The van der Waals surface area contributed by atoms with E-state index in [1.165, 1.54) is 0 Å². The first-order valence-corrected chi connectivity index (χ1v) is 12.3. The minimum absolute atomic E-state index is 0.126. The molecule has 0 spiro atoms. The highest BCUT2D eigenvalue weighted by molar-refractivity contribution is 5.89.